The zero-order valence-electron chi connectivity index (χ0n) is 13.1. The van der Waals surface area contributed by atoms with Crippen LogP contribution >= 0.6 is 0 Å². The average Bonchev–Trinajstić information content (AvgIpc) is 2.70. The topological polar surface area (TPSA) is 38.5 Å². The summed E-state index contributed by atoms with van der Waals surface area (Å²) in [6, 6.07) is 4.27. The lowest BCUT2D eigenvalue weighted by atomic mass is 9.96. The van der Waals surface area contributed by atoms with Gasteiger partial charge in [-0.25, -0.2) is 0 Å². The fourth-order valence-electron chi connectivity index (χ4n) is 3.13. The Balaban J connectivity index is 2.08. The van der Waals surface area contributed by atoms with Gasteiger partial charge in [0.1, 0.15) is 5.75 Å². The number of ether oxygens (including phenoxy) is 1. The molecule has 2 N–H and O–H groups in total. The summed E-state index contributed by atoms with van der Waals surface area (Å²) in [5, 5.41) is 0. The molecule has 0 saturated carbocycles. The van der Waals surface area contributed by atoms with Crippen molar-refractivity contribution in [2.45, 2.75) is 45.6 Å². The van der Waals surface area contributed by atoms with E-state index in [1.165, 1.54) is 55.5 Å². The molecule has 0 bridgehead atoms. The van der Waals surface area contributed by atoms with Crippen molar-refractivity contribution in [3.63, 3.8) is 0 Å². The molecule has 1 saturated heterocycles. The van der Waals surface area contributed by atoms with Crippen LogP contribution in [0.25, 0.3) is 0 Å². The van der Waals surface area contributed by atoms with Crippen LogP contribution in [0.2, 0.25) is 0 Å². The highest BCUT2D eigenvalue weighted by Crippen LogP contribution is 2.27. The van der Waals surface area contributed by atoms with E-state index in [9.17, 15) is 0 Å². The minimum absolute atomic E-state index is 0.0951. The highest BCUT2D eigenvalue weighted by atomic mass is 16.5. The van der Waals surface area contributed by atoms with E-state index in [0.29, 0.717) is 0 Å². The molecular weight excluding hydrogens is 248 g/mol. The van der Waals surface area contributed by atoms with E-state index in [1.807, 2.05) is 6.07 Å². The van der Waals surface area contributed by atoms with Gasteiger partial charge >= 0.3 is 0 Å². The van der Waals surface area contributed by atoms with Crippen LogP contribution in [0.3, 0.4) is 0 Å². The first-order chi connectivity index (χ1) is 9.63. The molecule has 1 aliphatic heterocycles. The van der Waals surface area contributed by atoms with Crippen LogP contribution in [-0.2, 0) is 0 Å². The van der Waals surface area contributed by atoms with Gasteiger partial charge in [0.25, 0.3) is 0 Å². The number of likely N-dealkylation sites (tertiary alicyclic amines) is 1. The molecule has 1 atom stereocenters. The Labute approximate surface area is 123 Å². The minimum Gasteiger partial charge on any atom is -0.496 e. The summed E-state index contributed by atoms with van der Waals surface area (Å²) in [6.07, 6.45) is 5.36. The maximum Gasteiger partial charge on any atom is 0.122 e. The van der Waals surface area contributed by atoms with E-state index in [1.54, 1.807) is 7.11 Å². The van der Waals surface area contributed by atoms with Gasteiger partial charge in [-0.15, -0.1) is 0 Å². The first-order valence-corrected chi connectivity index (χ1v) is 7.75. The van der Waals surface area contributed by atoms with Gasteiger partial charge in [-0.3, -0.25) is 0 Å². The van der Waals surface area contributed by atoms with Gasteiger partial charge in [0.2, 0.25) is 0 Å². The lowest BCUT2D eigenvalue weighted by molar-refractivity contribution is 0.267. The van der Waals surface area contributed by atoms with Gasteiger partial charge in [-0.05, 0) is 62.5 Å². The SMILES string of the molecule is COc1ccc(C(N)CN2CCCCCC2)c(C)c1C. The number of hydrogen-bond acceptors (Lipinski definition) is 3. The summed E-state index contributed by atoms with van der Waals surface area (Å²) in [5.74, 6) is 0.952. The van der Waals surface area contributed by atoms with Crippen LogP contribution in [0, 0.1) is 13.8 Å². The zero-order chi connectivity index (χ0) is 14.5. The fourth-order valence-corrected chi connectivity index (χ4v) is 3.13. The van der Waals surface area contributed by atoms with Crippen molar-refractivity contribution in [2.24, 2.45) is 5.73 Å². The van der Waals surface area contributed by atoms with Gasteiger partial charge in [-0.2, -0.15) is 0 Å². The normalized spacial score (nSPS) is 18.6. The average molecular weight is 276 g/mol. The number of benzene rings is 1. The summed E-state index contributed by atoms with van der Waals surface area (Å²) >= 11 is 0. The van der Waals surface area contributed by atoms with Gasteiger partial charge < -0.3 is 15.4 Å². The Bertz CT molecular complexity index is 437. The maximum atomic E-state index is 6.46. The summed E-state index contributed by atoms with van der Waals surface area (Å²) in [5.41, 5.74) is 10.2. The van der Waals surface area contributed by atoms with E-state index in [2.05, 4.69) is 24.8 Å². The Morgan fingerprint density at radius 1 is 1.10 bits per heavy atom. The number of rotatable bonds is 4. The molecule has 0 aromatic heterocycles. The summed E-state index contributed by atoms with van der Waals surface area (Å²) in [4.78, 5) is 2.52. The minimum atomic E-state index is 0.0951. The Morgan fingerprint density at radius 2 is 1.75 bits per heavy atom. The molecule has 20 heavy (non-hydrogen) atoms. The van der Waals surface area contributed by atoms with Crippen LogP contribution in [0.5, 0.6) is 5.75 Å². The first-order valence-electron chi connectivity index (χ1n) is 7.75. The third-order valence-electron chi connectivity index (χ3n) is 4.55. The maximum absolute atomic E-state index is 6.46. The quantitative estimate of drug-likeness (QED) is 0.918. The Hall–Kier alpha value is -1.06. The molecule has 1 fully saturated rings. The molecule has 1 aliphatic rings. The molecule has 0 aliphatic carbocycles. The van der Waals surface area contributed by atoms with Gasteiger partial charge in [0.15, 0.2) is 0 Å². The van der Waals surface area contributed by atoms with Gasteiger partial charge in [0, 0.05) is 12.6 Å². The van der Waals surface area contributed by atoms with Crippen molar-refractivity contribution in [1.29, 1.82) is 0 Å². The predicted octanol–water partition coefficient (Wildman–Crippen LogP) is 3.19. The zero-order valence-corrected chi connectivity index (χ0v) is 13.1. The molecule has 2 rings (SSSR count). The molecule has 1 heterocycles. The first kappa shape index (κ1) is 15.3. The van der Waals surface area contributed by atoms with Crippen LogP contribution in [0.15, 0.2) is 12.1 Å². The summed E-state index contributed by atoms with van der Waals surface area (Å²) in [7, 11) is 1.72. The van der Waals surface area contributed by atoms with Crippen LogP contribution in [0.1, 0.15) is 48.4 Å². The molecule has 1 aromatic carbocycles. The van der Waals surface area contributed by atoms with E-state index in [0.717, 1.165) is 12.3 Å². The fraction of sp³-hybridized carbons (Fsp3) is 0.647. The third-order valence-corrected chi connectivity index (χ3v) is 4.55. The predicted molar refractivity (Wildman–Crippen MR) is 84.3 cm³/mol. The number of hydrogen-bond donors (Lipinski definition) is 1. The Morgan fingerprint density at radius 3 is 2.35 bits per heavy atom. The van der Waals surface area contributed by atoms with Crippen molar-refractivity contribution in [1.82, 2.24) is 4.90 Å². The van der Waals surface area contributed by atoms with Crippen molar-refractivity contribution in [3.8, 4) is 5.75 Å². The van der Waals surface area contributed by atoms with Crippen LogP contribution in [0.4, 0.5) is 0 Å². The Kier molecular flexibility index (Phi) is 5.44. The molecule has 0 amide bonds. The lowest BCUT2D eigenvalue weighted by Gasteiger charge is -2.25. The molecule has 1 aromatic rings. The highest BCUT2D eigenvalue weighted by Gasteiger charge is 2.17. The van der Waals surface area contributed by atoms with E-state index in [4.69, 9.17) is 10.5 Å². The number of nitrogens with zero attached hydrogens (tertiary/aromatic N) is 1. The van der Waals surface area contributed by atoms with E-state index >= 15 is 0 Å². The molecule has 3 heteroatoms. The van der Waals surface area contributed by atoms with E-state index in [-0.39, 0.29) is 6.04 Å². The molecule has 1 unspecified atom stereocenters. The smallest absolute Gasteiger partial charge is 0.122 e. The second-order valence-corrected chi connectivity index (χ2v) is 5.93. The third kappa shape index (κ3) is 3.53. The van der Waals surface area contributed by atoms with Gasteiger partial charge in [0.05, 0.1) is 7.11 Å². The largest absolute Gasteiger partial charge is 0.496 e. The van der Waals surface area contributed by atoms with Crippen molar-refractivity contribution in [2.75, 3.05) is 26.7 Å². The van der Waals surface area contributed by atoms with Crippen molar-refractivity contribution in [3.05, 3.63) is 28.8 Å². The van der Waals surface area contributed by atoms with Crippen molar-refractivity contribution < 1.29 is 4.74 Å². The number of methoxy groups -OCH3 is 1. The molecular formula is C17H28N2O. The second kappa shape index (κ2) is 7.09. The standard InChI is InChI=1S/C17H28N2O/c1-13-14(2)17(20-3)9-8-15(13)16(18)12-19-10-6-4-5-7-11-19/h8-9,16H,4-7,10-12,18H2,1-3H3. The van der Waals surface area contributed by atoms with Crippen LogP contribution in [-0.4, -0.2) is 31.6 Å². The summed E-state index contributed by atoms with van der Waals surface area (Å²) in [6.45, 7) is 7.61. The highest BCUT2D eigenvalue weighted by molar-refractivity contribution is 5.44. The molecule has 3 nitrogen and oxygen atoms in total. The molecule has 0 radical (unpaired) electrons. The van der Waals surface area contributed by atoms with Gasteiger partial charge in [-0.1, -0.05) is 18.9 Å². The van der Waals surface area contributed by atoms with Crippen LogP contribution < -0.4 is 10.5 Å². The second-order valence-electron chi connectivity index (χ2n) is 5.93. The lowest BCUT2D eigenvalue weighted by Crippen LogP contribution is -2.33. The molecule has 0 spiro atoms. The van der Waals surface area contributed by atoms with E-state index < -0.39 is 0 Å². The number of nitrogens with two attached hydrogens (primary N) is 1. The molecule has 112 valence electrons. The monoisotopic (exact) mass is 276 g/mol. The summed E-state index contributed by atoms with van der Waals surface area (Å²) < 4.78 is 5.38. The van der Waals surface area contributed by atoms with Crippen molar-refractivity contribution >= 4 is 0 Å².